The van der Waals surface area contributed by atoms with Gasteiger partial charge in [0.25, 0.3) is 0 Å². The minimum atomic E-state index is -0.197. The molecule has 1 aliphatic carbocycles. The standard InChI is InChI=1S/C15H22FNO/c1-4-17-15(10(2)11-5-6-11)13-9-12(16)7-8-14(13)18-3/h7-11,15,17H,4-6H2,1-3H3. The lowest BCUT2D eigenvalue weighted by atomic mass is 9.90. The summed E-state index contributed by atoms with van der Waals surface area (Å²) in [5.41, 5.74) is 0.943. The van der Waals surface area contributed by atoms with Crippen LogP contribution < -0.4 is 10.1 Å². The van der Waals surface area contributed by atoms with Crippen LogP contribution in [0.15, 0.2) is 18.2 Å². The predicted molar refractivity (Wildman–Crippen MR) is 71.3 cm³/mol. The van der Waals surface area contributed by atoms with E-state index < -0.39 is 0 Å². The summed E-state index contributed by atoms with van der Waals surface area (Å²) < 4.78 is 18.9. The molecule has 1 saturated carbocycles. The molecule has 1 fully saturated rings. The van der Waals surface area contributed by atoms with Crippen LogP contribution in [0.1, 0.15) is 38.3 Å². The normalized spacial score (nSPS) is 18.4. The van der Waals surface area contributed by atoms with Crippen molar-refractivity contribution in [3.05, 3.63) is 29.6 Å². The number of benzene rings is 1. The summed E-state index contributed by atoms with van der Waals surface area (Å²) >= 11 is 0. The summed E-state index contributed by atoms with van der Waals surface area (Å²) in [6.45, 7) is 5.20. The third-order valence-electron chi connectivity index (χ3n) is 3.84. The van der Waals surface area contributed by atoms with Gasteiger partial charge in [-0.3, -0.25) is 0 Å². The molecule has 0 aromatic heterocycles. The van der Waals surface area contributed by atoms with E-state index in [2.05, 4.69) is 19.2 Å². The Morgan fingerprint density at radius 3 is 2.72 bits per heavy atom. The van der Waals surface area contributed by atoms with E-state index in [0.717, 1.165) is 23.8 Å². The third kappa shape index (κ3) is 2.83. The minimum Gasteiger partial charge on any atom is -0.496 e. The Morgan fingerprint density at radius 2 is 2.17 bits per heavy atom. The number of nitrogens with one attached hydrogen (secondary N) is 1. The zero-order valence-corrected chi connectivity index (χ0v) is 11.4. The fourth-order valence-corrected chi connectivity index (χ4v) is 2.64. The van der Waals surface area contributed by atoms with Gasteiger partial charge in [0.2, 0.25) is 0 Å². The first-order valence-corrected chi connectivity index (χ1v) is 6.74. The number of hydrogen-bond acceptors (Lipinski definition) is 2. The van der Waals surface area contributed by atoms with Crippen LogP contribution in [0.3, 0.4) is 0 Å². The monoisotopic (exact) mass is 251 g/mol. The highest BCUT2D eigenvalue weighted by Gasteiger charge is 2.34. The maximum atomic E-state index is 13.5. The van der Waals surface area contributed by atoms with Gasteiger partial charge < -0.3 is 10.1 Å². The average Bonchev–Trinajstić information content (AvgIpc) is 3.19. The summed E-state index contributed by atoms with van der Waals surface area (Å²) in [4.78, 5) is 0. The molecule has 2 atom stereocenters. The molecule has 2 rings (SSSR count). The number of hydrogen-bond donors (Lipinski definition) is 1. The molecule has 1 aliphatic rings. The predicted octanol–water partition coefficient (Wildman–Crippen LogP) is 3.53. The molecule has 1 N–H and O–H groups in total. The molecule has 1 aromatic rings. The van der Waals surface area contributed by atoms with Gasteiger partial charge in [-0.25, -0.2) is 4.39 Å². The van der Waals surface area contributed by atoms with Crippen molar-refractivity contribution in [2.45, 2.75) is 32.7 Å². The average molecular weight is 251 g/mol. The molecule has 0 spiro atoms. The van der Waals surface area contributed by atoms with Gasteiger partial charge in [-0.1, -0.05) is 13.8 Å². The first kappa shape index (κ1) is 13.3. The molecule has 0 bridgehead atoms. The molecule has 2 nitrogen and oxygen atoms in total. The molecule has 0 aliphatic heterocycles. The van der Waals surface area contributed by atoms with E-state index in [1.54, 1.807) is 19.2 Å². The van der Waals surface area contributed by atoms with Crippen molar-refractivity contribution >= 4 is 0 Å². The molecule has 0 radical (unpaired) electrons. The van der Waals surface area contributed by atoms with Gasteiger partial charge in [-0.05, 0) is 49.4 Å². The molecule has 0 heterocycles. The molecule has 2 unspecified atom stereocenters. The van der Waals surface area contributed by atoms with Crippen molar-refractivity contribution in [2.24, 2.45) is 11.8 Å². The number of halogens is 1. The highest BCUT2D eigenvalue weighted by molar-refractivity contribution is 5.37. The highest BCUT2D eigenvalue weighted by Crippen LogP contribution is 2.44. The van der Waals surface area contributed by atoms with E-state index in [0.29, 0.717) is 5.92 Å². The molecule has 18 heavy (non-hydrogen) atoms. The second kappa shape index (κ2) is 5.70. The first-order chi connectivity index (χ1) is 8.67. The minimum absolute atomic E-state index is 0.174. The Balaban J connectivity index is 2.30. The summed E-state index contributed by atoms with van der Waals surface area (Å²) in [5.74, 6) is 1.86. The highest BCUT2D eigenvalue weighted by atomic mass is 19.1. The van der Waals surface area contributed by atoms with Crippen LogP contribution in [0.4, 0.5) is 4.39 Å². The topological polar surface area (TPSA) is 21.3 Å². The first-order valence-electron chi connectivity index (χ1n) is 6.74. The van der Waals surface area contributed by atoms with E-state index in [-0.39, 0.29) is 11.9 Å². The zero-order valence-electron chi connectivity index (χ0n) is 11.4. The van der Waals surface area contributed by atoms with Gasteiger partial charge in [0.15, 0.2) is 0 Å². The van der Waals surface area contributed by atoms with Crippen molar-refractivity contribution in [3.63, 3.8) is 0 Å². The molecule has 0 saturated heterocycles. The fraction of sp³-hybridized carbons (Fsp3) is 0.600. The second-order valence-electron chi connectivity index (χ2n) is 5.12. The lowest BCUT2D eigenvalue weighted by Gasteiger charge is -2.26. The molecule has 3 heteroatoms. The number of methoxy groups -OCH3 is 1. The quantitative estimate of drug-likeness (QED) is 0.835. The SMILES string of the molecule is CCNC(c1cc(F)ccc1OC)C(C)C1CC1. The molecule has 0 amide bonds. The van der Waals surface area contributed by atoms with Crippen molar-refractivity contribution in [1.29, 1.82) is 0 Å². The lowest BCUT2D eigenvalue weighted by Crippen LogP contribution is -2.28. The van der Waals surface area contributed by atoms with E-state index in [9.17, 15) is 4.39 Å². The maximum absolute atomic E-state index is 13.5. The van der Waals surface area contributed by atoms with Crippen molar-refractivity contribution in [2.75, 3.05) is 13.7 Å². The van der Waals surface area contributed by atoms with E-state index in [1.165, 1.54) is 18.9 Å². The molecular weight excluding hydrogens is 229 g/mol. The summed E-state index contributed by atoms with van der Waals surface area (Å²) in [6, 6.07) is 4.94. The van der Waals surface area contributed by atoms with Gasteiger partial charge in [0, 0.05) is 11.6 Å². The van der Waals surface area contributed by atoms with Crippen LogP contribution in [0.2, 0.25) is 0 Å². The van der Waals surface area contributed by atoms with Gasteiger partial charge in [0.1, 0.15) is 11.6 Å². The summed E-state index contributed by atoms with van der Waals surface area (Å²) in [7, 11) is 1.64. The Bertz CT molecular complexity index is 403. The maximum Gasteiger partial charge on any atom is 0.123 e. The van der Waals surface area contributed by atoms with Gasteiger partial charge in [0.05, 0.1) is 7.11 Å². The van der Waals surface area contributed by atoms with Crippen LogP contribution in [0, 0.1) is 17.7 Å². The van der Waals surface area contributed by atoms with Crippen LogP contribution in [-0.4, -0.2) is 13.7 Å². The zero-order chi connectivity index (χ0) is 13.1. The molecular formula is C15H22FNO. The third-order valence-corrected chi connectivity index (χ3v) is 3.84. The van der Waals surface area contributed by atoms with E-state index in [4.69, 9.17) is 4.74 Å². The Labute approximate surface area is 109 Å². The van der Waals surface area contributed by atoms with Gasteiger partial charge >= 0.3 is 0 Å². The Hall–Kier alpha value is -1.09. The van der Waals surface area contributed by atoms with Crippen molar-refractivity contribution in [3.8, 4) is 5.75 Å². The summed E-state index contributed by atoms with van der Waals surface area (Å²) in [6.07, 6.45) is 2.58. The van der Waals surface area contributed by atoms with Crippen molar-refractivity contribution < 1.29 is 9.13 Å². The number of rotatable bonds is 6. The van der Waals surface area contributed by atoms with Crippen LogP contribution in [0.5, 0.6) is 5.75 Å². The van der Waals surface area contributed by atoms with E-state index in [1.807, 2.05) is 0 Å². The second-order valence-corrected chi connectivity index (χ2v) is 5.12. The largest absolute Gasteiger partial charge is 0.496 e. The lowest BCUT2D eigenvalue weighted by molar-refractivity contribution is 0.334. The van der Waals surface area contributed by atoms with Gasteiger partial charge in [-0.15, -0.1) is 0 Å². The van der Waals surface area contributed by atoms with Gasteiger partial charge in [-0.2, -0.15) is 0 Å². The Kier molecular flexibility index (Phi) is 4.23. The van der Waals surface area contributed by atoms with E-state index >= 15 is 0 Å². The summed E-state index contributed by atoms with van der Waals surface area (Å²) in [5, 5.41) is 3.48. The Morgan fingerprint density at radius 1 is 1.44 bits per heavy atom. The van der Waals surface area contributed by atoms with Crippen molar-refractivity contribution in [1.82, 2.24) is 5.32 Å². The molecule has 1 aromatic carbocycles. The van der Waals surface area contributed by atoms with Crippen LogP contribution >= 0.6 is 0 Å². The smallest absolute Gasteiger partial charge is 0.123 e. The van der Waals surface area contributed by atoms with Crippen LogP contribution in [0.25, 0.3) is 0 Å². The van der Waals surface area contributed by atoms with Crippen LogP contribution in [-0.2, 0) is 0 Å². The fourth-order valence-electron chi connectivity index (χ4n) is 2.64. The number of ether oxygens (including phenoxy) is 1. The molecule has 100 valence electrons.